The Balaban J connectivity index is 1.49. The highest BCUT2D eigenvalue weighted by molar-refractivity contribution is 5.90. The molecule has 4 rings (SSSR count). The van der Waals surface area contributed by atoms with Gasteiger partial charge in [0.25, 0.3) is 0 Å². The third kappa shape index (κ3) is 4.31. The van der Waals surface area contributed by atoms with Crippen LogP contribution in [0, 0.1) is 0 Å². The van der Waals surface area contributed by atoms with E-state index in [9.17, 15) is 4.79 Å². The number of fused-ring (bicyclic) bond motifs is 1. The first-order valence-electron chi connectivity index (χ1n) is 9.45. The largest absolute Gasteiger partial charge is 0.497 e. The van der Waals surface area contributed by atoms with Crippen LogP contribution in [0.5, 0.6) is 5.75 Å². The number of anilines is 3. The second-order valence-corrected chi connectivity index (χ2v) is 6.90. The van der Waals surface area contributed by atoms with Crippen molar-refractivity contribution in [3.05, 3.63) is 48.7 Å². The van der Waals surface area contributed by atoms with E-state index >= 15 is 0 Å². The summed E-state index contributed by atoms with van der Waals surface area (Å²) in [7, 11) is 1.64. The summed E-state index contributed by atoms with van der Waals surface area (Å²) in [5, 5.41) is 9.12. The highest BCUT2D eigenvalue weighted by Gasteiger charge is 2.17. The maximum absolute atomic E-state index is 12.2. The molecule has 7 nitrogen and oxygen atoms in total. The molecule has 1 saturated carbocycles. The van der Waals surface area contributed by atoms with Crippen LogP contribution in [-0.4, -0.2) is 29.2 Å². The van der Waals surface area contributed by atoms with E-state index in [-0.39, 0.29) is 12.1 Å². The van der Waals surface area contributed by atoms with Gasteiger partial charge in [0.15, 0.2) is 0 Å². The van der Waals surface area contributed by atoms with Gasteiger partial charge in [0.05, 0.1) is 30.0 Å². The molecular weight excluding hydrogens is 354 g/mol. The van der Waals surface area contributed by atoms with Crippen LogP contribution in [0.25, 0.3) is 11.0 Å². The molecular formula is C21H23N5O2. The summed E-state index contributed by atoms with van der Waals surface area (Å²) in [4.78, 5) is 21.1. The van der Waals surface area contributed by atoms with E-state index in [1.165, 1.54) is 12.8 Å². The molecule has 0 radical (unpaired) electrons. The third-order valence-electron chi connectivity index (χ3n) is 4.83. The first-order valence-corrected chi connectivity index (χ1v) is 9.45. The predicted octanol–water partition coefficient (Wildman–Crippen LogP) is 4.45. The average molecular weight is 377 g/mol. The molecule has 144 valence electrons. The highest BCUT2D eigenvalue weighted by atomic mass is 16.5. The number of amides is 2. The van der Waals surface area contributed by atoms with Crippen LogP contribution < -0.4 is 20.7 Å². The molecule has 2 amide bonds. The second kappa shape index (κ2) is 8.12. The number of nitrogens with zero attached hydrogens (tertiary/aromatic N) is 2. The third-order valence-corrected chi connectivity index (χ3v) is 4.83. The van der Waals surface area contributed by atoms with Gasteiger partial charge in [0.1, 0.15) is 11.6 Å². The van der Waals surface area contributed by atoms with Crippen LogP contribution >= 0.6 is 0 Å². The molecule has 1 aliphatic carbocycles. The van der Waals surface area contributed by atoms with Crippen molar-refractivity contribution in [2.75, 3.05) is 17.7 Å². The van der Waals surface area contributed by atoms with E-state index in [0.717, 1.165) is 35.5 Å². The van der Waals surface area contributed by atoms with Crippen molar-refractivity contribution >= 4 is 34.3 Å². The Kier molecular flexibility index (Phi) is 5.23. The van der Waals surface area contributed by atoms with Crippen molar-refractivity contribution in [3.63, 3.8) is 0 Å². The van der Waals surface area contributed by atoms with E-state index < -0.39 is 0 Å². The summed E-state index contributed by atoms with van der Waals surface area (Å²) in [6.07, 6.45) is 6.19. The van der Waals surface area contributed by atoms with Gasteiger partial charge in [-0.15, -0.1) is 0 Å². The SMILES string of the molecule is COc1cccc(Nc2cnc3ccc(NC(=O)NC4CCCC4)nc3c2)c1. The number of urea groups is 1. The fourth-order valence-electron chi connectivity index (χ4n) is 3.42. The molecule has 3 N–H and O–H groups in total. The van der Waals surface area contributed by atoms with Gasteiger partial charge < -0.3 is 15.4 Å². The monoisotopic (exact) mass is 377 g/mol. The molecule has 0 saturated heterocycles. The number of carbonyl (C=O) groups is 1. The fourth-order valence-corrected chi connectivity index (χ4v) is 3.42. The van der Waals surface area contributed by atoms with E-state index in [1.807, 2.05) is 36.4 Å². The zero-order valence-corrected chi connectivity index (χ0v) is 15.7. The summed E-state index contributed by atoms with van der Waals surface area (Å²) < 4.78 is 5.25. The van der Waals surface area contributed by atoms with Crippen molar-refractivity contribution in [2.24, 2.45) is 0 Å². The van der Waals surface area contributed by atoms with Gasteiger partial charge in [-0.25, -0.2) is 9.78 Å². The van der Waals surface area contributed by atoms with Crippen molar-refractivity contribution in [3.8, 4) is 5.75 Å². The van der Waals surface area contributed by atoms with Gasteiger partial charge in [-0.05, 0) is 43.2 Å². The molecule has 2 heterocycles. The minimum Gasteiger partial charge on any atom is -0.497 e. The van der Waals surface area contributed by atoms with Crippen LogP contribution in [0.2, 0.25) is 0 Å². The van der Waals surface area contributed by atoms with Crippen molar-refractivity contribution in [1.82, 2.24) is 15.3 Å². The number of nitrogens with one attached hydrogen (secondary N) is 3. The van der Waals surface area contributed by atoms with Crippen molar-refractivity contribution < 1.29 is 9.53 Å². The Morgan fingerprint density at radius 2 is 1.93 bits per heavy atom. The maximum atomic E-state index is 12.2. The van der Waals surface area contributed by atoms with Gasteiger partial charge in [-0.1, -0.05) is 18.9 Å². The standard InChI is InChI=1S/C21H23N5O2/c1-28-17-8-4-7-15(11-17)23-16-12-19-18(22-13-16)9-10-20(25-19)26-21(27)24-14-5-2-3-6-14/h4,7-14,23H,2-3,5-6H2,1H3,(H2,24,25,26,27). The lowest BCUT2D eigenvalue weighted by Crippen LogP contribution is -2.36. The van der Waals surface area contributed by atoms with Gasteiger partial charge in [-0.3, -0.25) is 10.3 Å². The molecule has 3 aromatic rings. The summed E-state index contributed by atoms with van der Waals surface area (Å²) in [6, 6.07) is 13.2. The predicted molar refractivity (Wildman–Crippen MR) is 110 cm³/mol. The van der Waals surface area contributed by atoms with E-state index in [2.05, 4.69) is 25.9 Å². The summed E-state index contributed by atoms with van der Waals surface area (Å²) in [5.41, 5.74) is 3.16. The molecule has 1 fully saturated rings. The molecule has 0 bridgehead atoms. The van der Waals surface area contributed by atoms with Gasteiger partial charge in [0.2, 0.25) is 0 Å². The fraction of sp³-hybridized carbons (Fsp3) is 0.286. The number of ether oxygens (including phenoxy) is 1. The zero-order chi connectivity index (χ0) is 19.3. The van der Waals surface area contributed by atoms with Gasteiger partial charge >= 0.3 is 6.03 Å². The molecule has 2 aromatic heterocycles. The van der Waals surface area contributed by atoms with Crippen LogP contribution in [0.1, 0.15) is 25.7 Å². The van der Waals surface area contributed by atoms with Crippen molar-refractivity contribution in [1.29, 1.82) is 0 Å². The molecule has 0 aliphatic heterocycles. The number of aromatic nitrogens is 2. The number of methoxy groups -OCH3 is 1. The van der Waals surface area contributed by atoms with Gasteiger partial charge in [0, 0.05) is 17.8 Å². The smallest absolute Gasteiger partial charge is 0.320 e. The van der Waals surface area contributed by atoms with Gasteiger partial charge in [-0.2, -0.15) is 0 Å². The first-order chi connectivity index (χ1) is 13.7. The van der Waals surface area contributed by atoms with Crippen LogP contribution in [0.4, 0.5) is 22.0 Å². The lowest BCUT2D eigenvalue weighted by molar-refractivity contribution is 0.248. The van der Waals surface area contributed by atoms with Crippen LogP contribution in [0.3, 0.4) is 0 Å². The molecule has 1 aliphatic rings. The van der Waals surface area contributed by atoms with E-state index in [1.54, 1.807) is 19.4 Å². The molecule has 1 aromatic carbocycles. The Bertz CT molecular complexity index is 985. The number of carbonyl (C=O) groups excluding carboxylic acids is 1. The first kappa shape index (κ1) is 18.0. The Labute approximate surface area is 163 Å². The Hall–Kier alpha value is -3.35. The number of hydrogen-bond acceptors (Lipinski definition) is 5. The minimum atomic E-state index is -0.211. The number of hydrogen-bond donors (Lipinski definition) is 3. The van der Waals surface area contributed by atoms with E-state index in [0.29, 0.717) is 11.3 Å². The molecule has 0 atom stereocenters. The molecule has 0 unspecified atom stereocenters. The van der Waals surface area contributed by atoms with Crippen LogP contribution in [0.15, 0.2) is 48.7 Å². The van der Waals surface area contributed by atoms with Crippen molar-refractivity contribution in [2.45, 2.75) is 31.7 Å². The summed E-state index contributed by atoms with van der Waals surface area (Å²) >= 11 is 0. The Morgan fingerprint density at radius 3 is 2.75 bits per heavy atom. The average Bonchev–Trinajstić information content (AvgIpc) is 3.20. The topological polar surface area (TPSA) is 88.2 Å². The quantitative estimate of drug-likeness (QED) is 0.611. The maximum Gasteiger partial charge on any atom is 0.320 e. The summed E-state index contributed by atoms with van der Waals surface area (Å²) in [5.74, 6) is 1.28. The number of pyridine rings is 2. The van der Waals surface area contributed by atoms with Crippen LogP contribution in [-0.2, 0) is 0 Å². The zero-order valence-electron chi connectivity index (χ0n) is 15.7. The normalized spacial score (nSPS) is 14.0. The Morgan fingerprint density at radius 1 is 1.07 bits per heavy atom. The number of benzene rings is 1. The van der Waals surface area contributed by atoms with E-state index in [4.69, 9.17) is 4.74 Å². The molecule has 28 heavy (non-hydrogen) atoms. The second-order valence-electron chi connectivity index (χ2n) is 6.90. The number of rotatable bonds is 5. The lowest BCUT2D eigenvalue weighted by Gasteiger charge is -2.13. The molecule has 0 spiro atoms. The summed E-state index contributed by atoms with van der Waals surface area (Å²) in [6.45, 7) is 0. The lowest BCUT2D eigenvalue weighted by atomic mass is 10.2. The minimum absolute atomic E-state index is 0.211. The molecule has 7 heteroatoms. The highest BCUT2D eigenvalue weighted by Crippen LogP contribution is 2.23.